The van der Waals surface area contributed by atoms with Crippen molar-refractivity contribution in [2.24, 2.45) is 0 Å². The highest BCUT2D eigenvalue weighted by Gasteiger charge is 2.06. The van der Waals surface area contributed by atoms with Crippen LogP contribution in [0.5, 0.6) is 0 Å². The molecular weight excluding hydrogens is 341 g/mol. The first-order chi connectivity index (χ1) is 11.9. The van der Waals surface area contributed by atoms with E-state index >= 15 is 0 Å². The van der Waals surface area contributed by atoms with E-state index in [0.717, 1.165) is 5.56 Å². The van der Waals surface area contributed by atoms with E-state index in [2.05, 4.69) is 16.2 Å². The van der Waals surface area contributed by atoms with Crippen molar-refractivity contribution in [2.75, 3.05) is 0 Å². The summed E-state index contributed by atoms with van der Waals surface area (Å²) in [5, 5.41) is 2.34. The Kier molecular flexibility index (Phi) is 6.36. The maximum absolute atomic E-state index is 12.8. The van der Waals surface area contributed by atoms with E-state index in [0.29, 0.717) is 11.1 Å². The van der Waals surface area contributed by atoms with Crippen LogP contribution in [0.25, 0.3) is 6.08 Å². The van der Waals surface area contributed by atoms with E-state index in [1.165, 1.54) is 36.4 Å². The van der Waals surface area contributed by atoms with Gasteiger partial charge in [-0.05, 0) is 55.0 Å². The maximum Gasteiger partial charge on any atom is 0.269 e. The lowest BCUT2D eigenvalue weighted by Gasteiger charge is -2.10. The largest absolute Gasteiger partial charge is 0.298 e. The van der Waals surface area contributed by atoms with Gasteiger partial charge in [-0.2, -0.15) is 0 Å². The van der Waals surface area contributed by atoms with Crippen molar-refractivity contribution in [1.29, 1.82) is 0 Å². The Balaban J connectivity index is 1.80. The molecule has 0 aromatic heterocycles. The van der Waals surface area contributed by atoms with Gasteiger partial charge in [0.25, 0.3) is 5.91 Å². The van der Waals surface area contributed by atoms with Gasteiger partial charge in [0, 0.05) is 11.6 Å². The maximum atomic E-state index is 12.8. The Bertz CT molecular complexity index is 819. The molecule has 0 atom stereocenters. The highest BCUT2D eigenvalue weighted by atomic mass is 32.1. The van der Waals surface area contributed by atoms with E-state index in [9.17, 15) is 14.0 Å². The Morgan fingerprint density at radius 1 is 1.08 bits per heavy atom. The highest BCUT2D eigenvalue weighted by Crippen LogP contribution is 2.04. The Hall–Kier alpha value is -3.06. The number of benzene rings is 2. The molecule has 5 nitrogen and oxygen atoms in total. The minimum absolute atomic E-state index is 0.0465. The van der Waals surface area contributed by atoms with Gasteiger partial charge in [0.05, 0.1) is 0 Å². The van der Waals surface area contributed by atoms with Gasteiger partial charge < -0.3 is 0 Å². The summed E-state index contributed by atoms with van der Waals surface area (Å²) in [5.41, 5.74) is 6.95. The average molecular weight is 357 g/mol. The van der Waals surface area contributed by atoms with Crippen molar-refractivity contribution in [1.82, 2.24) is 16.2 Å². The molecule has 25 heavy (non-hydrogen) atoms. The van der Waals surface area contributed by atoms with Gasteiger partial charge in [0.2, 0.25) is 5.91 Å². The number of hydrogen-bond donors (Lipinski definition) is 3. The fraction of sp³-hybridized carbons (Fsp3) is 0.0556. The van der Waals surface area contributed by atoms with Crippen molar-refractivity contribution in [2.45, 2.75) is 6.92 Å². The zero-order valence-electron chi connectivity index (χ0n) is 13.4. The number of amides is 2. The van der Waals surface area contributed by atoms with Crippen LogP contribution < -0.4 is 16.2 Å². The summed E-state index contributed by atoms with van der Waals surface area (Å²) >= 11 is 4.93. The van der Waals surface area contributed by atoms with Crippen LogP contribution >= 0.6 is 12.2 Å². The second kappa shape index (κ2) is 8.70. The fourth-order valence-corrected chi connectivity index (χ4v) is 2.05. The van der Waals surface area contributed by atoms with E-state index in [1.807, 2.05) is 13.0 Å². The van der Waals surface area contributed by atoms with Crippen LogP contribution in [0.4, 0.5) is 4.39 Å². The molecule has 2 amide bonds. The molecule has 2 aromatic carbocycles. The number of carbonyl (C=O) groups is 2. The number of carbonyl (C=O) groups excluding carboxylic acids is 2. The van der Waals surface area contributed by atoms with E-state index < -0.39 is 5.91 Å². The first kappa shape index (κ1) is 18.3. The van der Waals surface area contributed by atoms with Gasteiger partial charge in [0.15, 0.2) is 5.11 Å². The smallest absolute Gasteiger partial charge is 0.269 e. The predicted octanol–water partition coefficient (Wildman–Crippen LogP) is 2.48. The highest BCUT2D eigenvalue weighted by molar-refractivity contribution is 7.80. The number of thiocarbonyl (C=S) groups is 1. The average Bonchev–Trinajstić information content (AvgIpc) is 2.59. The van der Waals surface area contributed by atoms with Crippen molar-refractivity contribution in [3.05, 3.63) is 77.1 Å². The lowest BCUT2D eigenvalue weighted by Crippen LogP contribution is -2.48. The van der Waals surface area contributed by atoms with Gasteiger partial charge in [-0.25, -0.2) is 4.39 Å². The fourth-order valence-electron chi connectivity index (χ4n) is 1.90. The zero-order valence-corrected chi connectivity index (χ0v) is 14.2. The summed E-state index contributed by atoms with van der Waals surface area (Å²) in [6, 6.07) is 12.7. The van der Waals surface area contributed by atoms with Crippen LogP contribution in [-0.4, -0.2) is 16.9 Å². The van der Waals surface area contributed by atoms with Crippen LogP contribution in [0.3, 0.4) is 0 Å². The minimum atomic E-state index is -0.480. The molecular formula is C18H16FN3O2S. The third-order valence-electron chi connectivity index (χ3n) is 3.10. The predicted molar refractivity (Wildman–Crippen MR) is 98.0 cm³/mol. The third-order valence-corrected chi connectivity index (χ3v) is 3.31. The molecule has 7 heteroatoms. The third kappa shape index (κ3) is 6.15. The lowest BCUT2D eigenvalue weighted by molar-refractivity contribution is -0.115. The summed E-state index contributed by atoms with van der Waals surface area (Å²) < 4.78 is 12.8. The van der Waals surface area contributed by atoms with Crippen LogP contribution in [-0.2, 0) is 4.79 Å². The van der Waals surface area contributed by atoms with Gasteiger partial charge in [-0.3, -0.25) is 25.8 Å². The quantitative estimate of drug-likeness (QED) is 0.448. The number of halogens is 1. The molecule has 128 valence electrons. The van der Waals surface area contributed by atoms with Gasteiger partial charge in [-0.1, -0.05) is 29.8 Å². The normalized spacial score (nSPS) is 10.3. The molecule has 0 spiro atoms. The van der Waals surface area contributed by atoms with Crippen LogP contribution in [0.15, 0.2) is 54.6 Å². The number of aryl methyl sites for hydroxylation is 1. The lowest BCUT2D eigenvalue weighted by atomic mass is 10.1. The van der Waals surface area contributed by atoms with Crippen LogP contribution in [0.1, 0.15) is 21.5 Å². The monoisotopic (exact) mass is 357 g/mol. The molecule has 0 fully saturated rings. The number of hydrogen-bond acceptors (Lipinski definition) is 3. The molecule has 0 aliphatic carbocycles. The van der Waals surface area contributed by atoms with E-state index in [-0.39, 0.29) is 16.8 Å². The minimum Gasteiger partial charge on any atom is -0.298 e. The zero-order chi connectivity index (χ0) is 18.2. The second-order valence-corrected chi connectivity index (χ2v) is 5.56. The summed E-state index contributed by atoms with van der Waals surface area (Å²) in [7, 11) is 0. The summed E-state index contributed by atoms with van der Waals surface area (Å²) in [4.78, 5) is 23.7. The molecule has 0 unspecified atom stereocenters. The van der Waals surface area contributed by atoms with Crippen molar-refractivity contribution in [3.63, 3.8) is 0 Å². The SMILES string of the molecule is Cc1cccc(C(=O)NNC(=S)NC(=O)/C=C/c2ccc(F)cc2)c1. The molecule has 0 heterocycles. The molecule has 3 N–H and O–H groups in total. The molecule has 2 rings (SSSR count). The number of rotatable bonds is 3. The Labute approximate surface area is 149 Å². The Morgan fingerprint density at radius 3 is 2.48 bits per heavy atom. The van der Waals surface area contributed by atoms with Gasteiger partial charge in [0.1, 0.15) is 5.82 Å². The van der Waals surface area contributed by atoms with E-state index in [4.69, 9.17) is 12.2 Å². The second-order valence-electron chi connectivity index (χ2n) is 5.15. The topological polar surface area (TPSA) is 70.2 Å². The van der Waals surface area contributed by atoms with Gasteiger partial charge >= 0.3 is 0 Å². The standard InChI is InChI=1S/C18H16FN3O2S/c1-12-3-2-4-14(11-12)17(24)21-22-18(25)20-16(23)10-7-13-5-8-15(19)9-6-13/h2-11H,1H3,(H,21,24)(H2,20,22,23,25)/b10-7+. The molecule has 0 bridgehead atoms. The van der Waals surface area contributed by atoms with Crippen molar-refractivity contribution < 1.29 is 14.0 Å². The van der Waals surface area contributed by atoms with E-state index in [1.54, 1.807) is 18.2 Å². The molecule has 0 radical (unpaired) electrons. The number of nitrogens with one attached hydrogen (secondary N) is 3. The summed E-state index contributed by atoms with van der Waals surface area (Å²) in [5.74, 6) is -1.20. The van der Waals surface area contributed by atoms with Gasteiger partial charge in [-0.15, -0.1) is 0 Å². The first-order valence-electron chi connectivity index (χ1n) is 7.35. The van der Waals surface area contributed by atoms with Crippen molar-refractivity contribution in [3.8, 4) is 0 Å². The summed E-state index contributed by atoms with van der Waals surface area (Å²) in [6.45, 7) is 1.88. The van der Waals surface area contributed by atoms with Crippen LogP contribution in [0, 0.1) is 12.7 Å². The molecule has 0 aliphatic heterocycles. The molecule has 2 aromatic rings. The molecule has 0 aliphatic rings. The first-order valence-corrected chi connectivity index (χ1v) is 7.76. The van der Waals surface area contributed by atoms with Crippen LogP contribution in [0.2, 0.25) is 0 Å². The molecule has 0 saturated heterocycles. The summed E-state index contributed by atoms with van der Waals surface area (Å²) in [6.07, 6.45) is 2.77. The van der Waals surface area contributed by atoms with Crippen molar-refractivity contribution >= 4 is 35.2 Å². The number of hydrazine groups is 1. The Morgan fingerprint density at radius 2 is 1.80 bits per heavy atom. The molecule has 0 saturated carbocycles.